The predicted molar refractivity (Wildman–Crippen MR) is 94.6 cm³/mol. The molecule has 2 amide bonds. The fourth-order valence-corrected chi connectivity index (χ4v) is 3.66. The number of hydrogen-bond donors (Lipinski definition) is 2. The van der Waals surface area contributed by atoms with Gasteiger partial charge in [0.05, 0.1) is 6.04 Å². The van der Waals surface area contributed by atoms with Gasteiger partial charge in [0, 0.05) is 19.8 Å². The number of amides is 2. The van der Waals surface area contributed by atoms with Crippen LogP contribution in [0, 0.1) is 0 Å². The third-order valence-electron chi connectivity index (χ3n) is 4.91. The van der Waals surface area contributed by atoms with Crippen molar-refractivity contribution in [3.63, 3.8) is 0 Å². The van der Waals surface area contributed by atoms with Gasteiger partial charge >= 0.3 is 6.03 Å². The highest BCUT2D eigenvalue weighted by Gasteiger charge is 2.43. The number of primary amides is 1. The first-order valence-electron chi connectivity index (χ1n) is 9.01. The van der Waals surface area contributed by atoms with Crippen molar-refractivity contribution < 1.29 is 14.6 Å². The van der Waals surface area contributed by atoms with E-state index in [9.17, 15) is 9.90 Å². The highest BCUT2D eigenvalue weighted by atomic mass is 16.5. The van der Waals surface area contributed by atoms with Crippen LogP contribution in [0.4, 0.5) is 4.79 Å². The average molecular weight is 334 g/mol. The molecule has 1 unspecified atom stereocenters. The zero-order valence-electron chi connectivity index (χ0n) is 14.6. The van der Waals surface area contributed by atoms with Gasteiger partial charge in [0.25, 0.3) is 0 Å². The SMILES string of the molecule is CCOCCCC[C@@](O)(c1ccccc1)C1CCCCN1C(N)=O. The van der Waals surface area contributed by atoms with Crippen molar-refractivity contribution in [1.82, 2.24) is 4.90 Å². The molecule has 0 bridgehead atoms. The van der Waals surface area contributed by atoms with Gasteiger partial charge in [-0.15, -0.1) is 0 Å². The van der Waals surface area contributed by atoms with Crippen molar-refractivity contribution >= 4 is 6.03 Å². The van der Waals surface area contributed by atoms with E-state index in [1.807, 2.05) is 37.3 Å². The number of carbonyl (C=O) groups excluding carboxylic acids is 1. The molecule has 134 valence electrons. The zero-order valence-corrected chi connectivity index (χ0v) is 14.6. The smallest absolute Gasteiger partial charge is 0.315 e. The molecule has 3 N–H and O–H groups in total. The van der Waals surface area contributed by atoms with E-state index in [2.05, 4.69) is 0 Å². The van der Waals surface area contributed by atoms with E-state index < -0.39 is 11.6 Å². The number of benzene rings is 1. The van der Waals surface area contributed by atoms with Gasteiger partial charge in [-0.05, 0) is 51.0 Å². The van der Waals surface area contributed by atoms with Crippen LogP contribution in [-0.4, -0.2) is 41.8 Å². The summed E-state index contributed by atoms with van der Waals surface area (Å²) in [5, 5.41) is 11.6. The van der Waals surface area contributed by atoms with E-state index >= 15 is 0 Å². The van der Waals surface area contributed by atoms with Crippen molar-refractivity contribution in [3.05, 3.63) is 35.9 Å². The number of nitrogens with two attached hydrogens (primary N) is 1. The summed E-state index contributed by atoms with van der Waals surface area (Å²) in [4.78, 5) is 13.5. The van der Waals surface area contributed by atoms with Gasteiger partial charge in [0.2, 0.25) is 0 Å². The quantitative estimate of drug-likeness (QED) is 0.718. The van der Waals surface area contributed by atoms with Crippen molar-refractivity contribution in [2.75, 3.05) is 19.8 Å². The van der Waals surface area contributed by atoms with Crippen LogP contribution in [0.15, 0.2) is 30.3 Å². The second-order valence-corrected chi connectivity index (χ2v) is 6.49. The molecule has 0 aromatic heterocycles. The summed E-state index contributed by atoms with van der Waals surface area (Å²) in [6, 6.07) is 8.97. The Morgan fingerprint density at radius 2 is 2.08 bits per heavy atom. The predicted octanol–water partition coefficient (Wildman–Crippen LogP) is 3.01. The van der Waals surface area contributed by atoms with Gasteiger partial charge < -0.3 is 20.5 Å². The molecular weight excluding hydrogens is 304 g/mol. The molecule has 5 nitrogen and oxygen atoms in total. The van der Waals surface area contributed by atoms with Gasteiger partial charge in [-0.1, -0.05) is 30.3 Å². The molecule has 1 fully saturated rings. The van der Waals surface area contributed by atoms with Crippen LogP contribution >= 0.6 is 0 Å². The minimum absolute atomic E-state index is 0.266. The summed E-state index contributed by atoms with van der Waals surface area (Å²) in [6.45, 7) is 4.01. The number of piperidine rings is 1. The zero-order chi connectivity index (χ0) is 17.4. The topological polar surface area (TPSA) is 75.8 Å². The molecule has 24 heavy (non-hydrogen) atoms. The van der Waals surface area contributed by atoms with Crippen LogP contribution in [0.1, 0.15) is 51.0 Å². The number of unbranched alkanes of at least 4 members (excludes halogenated alkanes) is 1. The molecule has 5 heteroatoms. The van der Waals surface area contributed by atoms with Gasteiger partial charge in [0.15, 0.2) is 0 Å². The molecule has 0 saturated carbocycles. The van der Waals surface area contributed by atoms with E-state index in [0.29, 0.717) is 26.2 Å². The summed E-state index contributed by atoms with van der Waals surface area (Å²) in [5.41, 5.74) is 5.38. The molecule has 1 saturated heterocycles. The summed E-state index contributed by atoms with van der Waals surface area (Å²) in [6.07, 6.45) is 5.05. The highest BCUT2D eigenvalue weighted by molar-refractivity contribution is 5.72. The largest absolute Gasteiger partial charge is 0.383 e. The first kappa shape index (κ1) is 18.7. The Hall–Kier alpha value is -1.59. The number of urea groups is 1. The lowest BCUT2D eigenvalue weighted by atomic mass is 9.78. The Morgan fingerprint density at radius 3 is 2.75 bits per heavy atom. The summed E-state index contributed by atoms with van der Waals surface area (Å²) in [5.74, 6) is 0. The molecule has 2 atom stereocenters. The van der Waals surface area contributed by atoms with Crippen molar-refractivity contribution in [1.29, 1.82) is 0 Å². The molecule has 1 aromatic carbocycles. The van der Waals surface area contributed by atoms with Gasteiger partial charge in [-0.3, -0.25) is 0 Å². The van der Waals surface area contributed by atoms with Crippen molar-refractivity contribution in [3.8, 4) is 0 Å². The number of carbonyl (C=O) groups is 1. The first-order chi connectivity index (χ1) is 11.6. The van der Waals surface area contributed by atoms with Crippen LogP contribution in [-0.2, 0) is 10.3 Å². The number of ether oxygens (including phenoxy) is 1. The van der Waals surface area contributed by atoms with E-state index in [-0.39, 0.29) is 6.04 Å². The van der Waals surface area contributed by atoms with Crippen LogP contribution in [0.3, 0.4) is 0 Å². The highest BCUT2D eigenvalue weighted by Crippen LogP contribution is 2.38. The van der Waals surface area contributed by atoms with Crippen LogP contribution in [0.2, 0.25) is 0 Å². The Labute approximate surface area is 144 Å². The molecule has 0 spiro atoms. The Bertz CT molecular complexity index is 509. The molecular formula is C19H30N2O3. The third-order valence-corrected chi connectivity index (χ3v) is 4.91. The van der Waals surface area contributed by atoms with Crippen LogP contribution in [0.5, 0.6) is 0 Å². The molecule has 1 aliphatic heterocycles. The van der Waals surface area contributed by atoms with Gasteiger partial charge in [-0.25, -0.2) is 4.79 Å². The second kappa shape index (κ2) is 9.04. The first-order valence-corrected chi connectivity index (χ1v) is 9.01. The lowest BCUT2D eigenvalue weighted by Crippen LogP contribution is -2.56. The maximum absolute atomic E-state index is 11.9. The fraction of sp³-hybridized carbons (Fsp3) is 0.632. The summed E-state index contributed by atoms with van der Waals surface area (Å²) in [7, 11) is 0. The second-order valence-electron chi connectivity index (χ2n) is 6.49. The third kappa shape index (κ3) is 4.48. The maximum Gasteiger partial charge on any atom is 0.315 e. The molecule has 1 aromatic rings. The molecule has 2 rings (SSSR count). The monoisotopic (exact) mass is 334 g/mol. The standard InChI is InChI=1S/C19H30N2O3/c1-2-24-15-9-7-13-19(23,16-10-4-3-5-11-16)17-12-6-8-14-21(17)18(20)22/h3-5,10-11,17,23H,2,6-9,12-15H2,1H3,(H2,20,22)/t17?,19-/m1/s1. The average Bonchev–Trinajstić information content (AvgIpc) is 2.62. The van der Waals surface area contributed by atoms with E-state index in [4.69, 9.17) is 10.5 Å². The lowest BCUT2D eigenvalue weighted by Gasteiger charge is -2.45. The Morgan fingerprint density at radius 1 is 1.33 bits per heavy atom. The molecule has 1 heterocycles. The number of nitrogens with zero attached hydrogens (tertiary/aromatic N) is 1. The Kier molecular flexibility index (Phi) is 7.06. The van der Waals surface area contributed by atoms with Gasteiger partial charge in [-0.2, -0.15) is 0 Å². The molecule has 0 radical (unpaired) electrons. The van der Waals surface area contributed by atoms with Crippen molar-refractivity contribution in [2.45, 2.75) is 57.1 Å². The number of aliphatic hydroxyl groups is 1. The Balaban J connectivity index is 2.19. The van der Waals surface area contributed by atoms with Crippen LogP contribution in [0.25, 0.3) is 0 Å². The molecule has 0 aliphatic carbocycles. The number of hydrogen-bond acceptors (Lipinski definition) is 3. The van der Waals surface area contributed by atoms with Crippen LogP contribution < -0.4 is 5.73 Å². The minimum atomic E-state index is -1.07. The van der Waals surface area contributed by atoms with Crippen molar-refractivity contribution in [2.24, 2.45) is 5.73 Å². The fourth-order valence-electron chi connectivity index (χ4n) is 3.66. The van der Waals surface area contributed by atoms with E-state index in [1.54, 1.807) is 4.90 Å². The molecule has 1 aliphatic rings. The maximum atomic E-state index is 11.9. The summed E-state index contributed by atoms with van der Waals surface area (Å²) < 4.78 is 5.39. The van der Waals surface area contributed by atoms with E-state index in [1.165, 1.54) is 0 Å². The minimum Gasteiger partial charge on any atom is -0.383 e. The summed E-state index contributed by atoms with van der Waals surface area (Å²) >= 11 is 0. The normalized spacial score (nSPS) is 20.6. The van der Waals surface area contributed by atoms with Gasteiger partial charge in [0.1, 0.15) is 5.60 Å². The number of rotatable bonds is 8. The number of likely N-dealkylation sites (tertiary alicyclic amines) is 1. The van der Waals surface area contributed by atoms with E-state index in [0.717, 1.165) is 37.7 Å². The lowest BCUT2D eigenvalue weighted by molar-refractivity contribution is -0.0605.